The maximum absolute atomic E-state index is 5.70. The molecule has 1 aromatic carbocycles. The number of rotatable bonds is 2. The summed E-state index contributed by atoms with van der Waals surface area (Å²) in [6, 6.07) is 8.42. The molecule has 2 rings (SSSR count). The van der Waals surface area contributed by atoms with Gasteiger partial charge in [0.05, 0.1) is 18.9 Å². The zero-order valence-electron chi connectivity index (χ0n) is 8.57. The molecule has 0 aliphatic heterocycles. The van der Waals surface area contributed by atoms with Crippen molar-refractivity contribution in [2.45, 2.75) is 6.92 Å². The molecule has 0 atom stereocenters. The van der Waals surface area contributed by atoms with Crippen LogP contribution in [0.15, 0.2) is 22.7 Å². The van der Waals surface area contributed by atoms with E-state index < -0.39 is 0 Å². The fraction of sp³-hybridized carbons (Fsp3) is 0.182. The first kappa shape index (κ1) is 9.58. The second-order valence-corrected chi connectivity index (χ2v) is 3.17. The molecule has 77 valence electrons. The van der Waals surface area contributed by atoms with Crippen LogP contribution in [0.25, 0.3) is 11.3 Å². The number of aryl methyl sites for hydroxylation is 1. The average molecular weight is 203 g/mol. The highest BCUT2D eigenvalue weighted by Crippen LogP contribution is 2.27. The lowest BCUT2D eigenvalue weighted by Crippen LogP contribution is -1.92. The van der Waals surface area contributed by atoms with Crippen LogP contribution in [0, 0.1) is 13.0 Å². The number of nitrogens with zero attached hydrogens (tertiary/aromatic N) is 1. The van der Waals surface area contributed by atoms with Crippen LogP contribution in [0.5, 0.6) is 5.75 Å². The first-order valence-electron chi connectivity index (χ1n) is 4.50. The summed E-state index contributed by atoms with van der Waals surface area (Å²) in [6.07, 6.45) is 0. The minimum Gasteiger partial charge on any atom is -0.495 e. The summed E-state index contributed by atoms with van der Waals surface area (Å²) >= 11 is 0. The number of hydrogen-bond donors (Lipinski definition) is 1. The third-order valence-electron chi connectivity index (χ3n) is 2.08. The molecule has 0 unspecified atom stereocenters. The number of methoxy groups -OCH3 is 1. The van der Waals surface area contributed by atoms with Gasteiger partial charge >= 0.3 is 0 Å². The second kappa shape index (κ2) is 3.65. The van der Waals surface area contributed by atoms with Gasteiger partial charge in [0.25, 0.3) is 0 Å². The van der Waals surface area contributed by atoms with Crippen LogP contribution in [0.2, 0.25) is 0 Å². The molecule has 0 fully saturated rings. The molecule has 2 N–H and O–H groups in total. The lowest BCUT2D eigenvalue weighted by molar-refractivity contribution is 0.399. The van der Waals surface area contributed by atoms with Crippen molar-refractivity contribution in [1.82, 2.24) is 5.16 Å². The van der Waals surface area contributed by atoms with E-state index in [0.29, 0.717) is 22.9 Å². The summed E-state index contributed by atoms with van der Waals surface area (Å²) in [5, 5.41) is 3.86. The Morgan fingerprint density at radius 3 is 2.87 bits per heavy atom. The van der Waals surface area contributed by atoms with Crippen molar-refractivity contribution < 1.29 is 9.26 Å². The predicted octanol–water partition coefficient (Wildman–Crippen LogP) is 2.04. The Morgan fingerprint density at radius 2 is 2.27 bits per heavy atom. The minimum absolute atomic E-state index is 0.599. The highest BCUT2D eigenvalue weighted by molar-refractivity contribution is 5.66. The zero-order valence-corrected chi connectivity index (χ0v) is 8.57. The van der Waals surface area contributed by atoms with Gasteiger partial charge < -0.3 is 15.0 Å². The Hall–Kier alpha value is -1.97. The van der Waals surface area contributed by atoms with Gasteiger partial charge in [-0.2, -0.15) is 0 Å². The van der Waals surface area contributed by atoms with Crippen LogP contribution in [-0.4, -0.2) is 12.3 Å². The molecule has 0 spiro atoms. The number of benzene rings is 1. The first-order chi connectivity index (χ1) is 7.20. The molecule has 4 nitrogen and oxygen atoms in total. The Morgan fingerprint density at radius 1 is 1.47 bits per heavy atom. The first-order valence-corrected chi connectivity index (χ1v) is 4.50. The van der Waals surface area contributed by atoms with Gasteiger partial charge in [0.2, 0.25) is 0 Å². The van der Waals surface area contributed by atoms with E-state index in [1.165, 1.54) is 0 Å². The van der Waals surface area contributed by atoms with E-state index in [0.717, 1.165) is 5.56 Å². The maximum atomic E-state index is 5.70. The predicted molar refractivity (Wildman–Crippen MR) is 56.5 cm³/mol. The van der Waals surface area contributed by atoms with Gasteiger partial charge in [0, 0.05) is 5.56 Å². The van der Waals surface area contributed by atoms with Crippen LogP contribution in [0.3, 0.4) is 0 Å². The van der Waals surface area contributed by atoms with Crippen LogP contribution < -0.4 is 10.5 Å². The van der Waals surface area contributed by atoms with Gasteiger partial charge in [0.15, 0.2) is 0 Å². The van der Waals surface area contributed by atoms with Crippen molar-refractivity contribution in [2.24, 2.45) is 0 Å². The molecule has 1 heterocycles. The highest BCUT2D eigenvalue weighted by Gasteiger charge is 2.07. The second-order valence-electron chi connectivity index (χ2n) is 3.17. The molecular weight excluding hydrogens is 192 g/mol. The number of ether oxygens (including phenoxy) is 1. The number of hydrogen-bond acceptors (Lipinski definition) is 4. The molecule has 0 amide bonds. The lowest BCUT2D eigenvalue weighted by atomic mass is 10.1. The van der Waals surface area contributed by atoms with Gasteiger partial charge in [-0.25, -0.2) is 0 Å². The number of nitrogen functional groups attached to an aromatic ring is 1. The van der Waals surface area contributed by atoms with E-state index in [1.54, 1.807) is 20.1 Å². The highest BCUT2D eigenvalue weighted by atomic mass is 16.5. The minimum atomic E-state index is 0.599. The molecule has 0 bridgehead atoms. The molecule has 0 aliphatic carbocycles. The topological polar surface area (TPSA) is 61.3 Å². The summed E-state index contributed by atoms with van der Waals surface area (Å²) in [7, 11) is 1.58. The maximum Gasteiger partial charge on any atom is 0.142 e. The van der Waals surface area contributed by atoms with Gasteiger partial charge in [-0.15, -0.1) is 0 Å². The van der Waals surface area contributed by atoms with E-state index in [2.05, 4.69) is 11.2 Å². The van der Waals surface area contributed by atoms with E-state index in [9.17, 15) is 0 Å². The Labute approximate surface area is 87.6 Å². The van der Waals surface area contributed by atoms with Crippen molar-refractivity contribution in [3.05, 3.63) is 30.0 Å². The summed E-state index contributed by atoms with van der Waals surface area (Å²) in [6.45, 7) is 1.80. The molecule has 0 saturated carbocycles. The van der Waals surface area contributed by atoms with Gasteiger partial charge in [-0.05, 0) is 19.1 Å². The zero-order chi connectivity index (χ0) is 10.8. The Bertz CT molecular complexity index is 477. The molecule has 0 aliphatic rings. The van der Waals surface area contributed by atoms with Gasteiger partial charge in [-0.3, -0.25) is 0 Å². The van der Waals surface area contributed by atoms with Gasteiger partial charge in [-0.1, -0.05) is 11.2 Å². The quantitative estimate of drug-likeness (QED) is 0.759. The molecule has 15 heavy (non-hydrogen) atoms. The number of anilines is 1. The van der Waals surface area contributed by atoms with Crippen LogP contribution in [0.4, 0.5) is 5.69 Å². The van der Waals surface area contributed by atoms with Crippen molar-refractivity contribution in [3.63, 3.8) is 0 Å². The van der Waals surface area contributed by atoms with E-state index >= 15 is 0 Å². The van der Waals surface area contributed by atoms with Crippen molar-refractivity contribution >= 4 is 5.69 Å². The standard InChI is InChI=1S/C11H11N2O2/c1-7-5-10(13-15-7)8-3-4-9(12)11(6-8)14-2/h3-4,6H,12H2,1-2H3. The van der Waals surface area contributed by atoms with E-state index in [1.807, 2.05) is 12.1 Å². The van der Waals surface area contributed by atoms with E-state index in [-0.39, 0.29) is 0 Å². The average Bonchev–Trinajstić information content (AvgIpc) is 2.66. The molecule has 1 radical (unpaired) electrons. The fourth-order valence-corrected chi connectivity index (χ4v) is 1.31. The number of nitrogens with two attached hydrogens (primary N) is 1. The third kappa shape index (κ3) is 1.79. The largest absolute Gasteiger partial charge is 0.495 e. The number of aromatic nitrogens is 1. The normalized spacial score (nSPS) is 10.3. The molecule has 4 heteroatoms. The van der Waals surface area contributed by atoms with Crippen molar-refractivity contribution in [3.8, 4) is 17.0 Å². The van der Waals surface area contributed by atoms with E-state index in [4.69, 9.17) is 15.0 Å². The van der Waals surface area contributed by atoms with Crippen LogP contribution in [-0.2, 0) is 0 Å². The Kier molecular flexibility index (Phi) is 2.33. The van der Waals surface area contributed by atoms with Crippen molar-refractivity contribution in [1.29, 1.82) is 0 Å². The van der Waals surface area contributed by atoms with Crippen LogP contribution in [0.1, 0.15) is 5.76 Å². The van der Waals surface area contributed by atoms with Crippen LogP contribution >= 0.6 is 0 Å². The van der Waals surface area contributed by atoms with Gasteiger partial charge in [0.1, 0.15) is 17.2 Å². The summed E-state index contributed by atoms with van der Waals surface area (Å²) in [5.41, 5.74) is 7.83. The summed E-state index contributed by atoms with van der Waals surface area (Å²) in [4.78, 5) is 0. The Balaban J connectivity index is 2.45. The molecule has 0 saturated heterocycles. The third-order valence-corrected chi connectivity index (χ3v) is 2.08. The molecule has 1 aromatic heterocycles. The summed E-state index contributed by atoms with van der Waals surface area (Å²) < 4.78 is 10.1. The molecule has 2 aromatic rings. The monoisotopic (exact) mass is 203 g/mol. The smallest absolute Gasteiger partial charge is 0.142 e. The summed E-state index contributed by atoms with van der Waals surface area (Å²) in [5.74, 6) is 1.28. The van der Waals surface area contributed by atoms with Crippen molar-refractivity contribution in [2.75, 3.05) is 12.8 Å². The lowest BCUT2D eigenvalue weighted by Gasteiger charge is -2.04. The SMILES string of the molecule is COc1cc(-c2[c]c(C)on2)ccc1N. The fourth-order valence-electron chi connectivity index (χ4n) is 1.31. The molecular formula is C11H11N2O2.